The van der Waals surface area contributed by atoms with E-state index >= 15 is 0 Å². The van der Waals surface area contributed by atoms with Crippen molar-refractivity contribution in [2.75, 3.05) is 6.54 Å². The van der Waals surface area contributed by atoms with E-state index in [-0.39, 0.29) is 0 Å². The molecule has 3 nitrogen and oxygen atoms in total. The molecule has 3 rings (SSSR count). The Balaban J connectivity index is 1.96. The van der Waals surface area contributed by atoms with E-state index in [0.29, 0.717) is 11.3 Å². The predicted octanol–water partition coefficient (Wildman–Crippen LogP) is 2.79. The zero-order chi connectivity index (χ0) is 13.8. The summed E-state index contributed by atoms with van der Waals surface area (Å²) < 4.78 is 0. The average molecular weight is 261 g/mol. The Kier molecular flexibility index (Phi) is 3.58. The summed E-state index contributed by atoms with van der Waals surface area (Å²) in [5.41, 5.74) is 5.08. The largest absolute Gasteiger partial charge is 0.312 e. The highest BCUT2D eigenvalue weighted by molar-refractivity contribution is 5.88. The van der Waals surface area contributed by atoms with E-state index in [1.54, 1.807) is 6.20 Å². The van der Waals surface area contributed by atoms with Crippen molar-refractivity contribution in [3.8, 4) is 6.07 Å². The van der Waals surface area contributed by atoms with E-state index in [1.165, 1.54) is 11.1 Å². The van der Waals surface area contributed by atoms with Gasteiger partial charge in [-0.15, -0.1) is 0 Å². The highest BCUT2D eigenvalue weighted by Crippen LogP contribution is 2.20. The van der Waals surface area contributed by atoms with Gasteiger partial charge in [0.1, 0.15) is 6.07 Å². The molecule has 1 N–H and O–H groups in total. The van der Waals surface area contributed by atoms with Gasteiger partial charge in [-0.3, -0.25) is 4.98 Å². The molecule has 1 aromatic heterocycles. The normalized spacial score (nSPS) is 14.4. The highest BCUT2D eigenvalue weighted by Gasteiger charge is 2.09. The summed E-state index contributed by atoms with van der Waals surface area (Å²) in [6.07, 6.45) is 4.68. The second-order valence-electron chi connectivity index (χ2n) is 4.84. The number of hydrogen-bond donors (Lipinski definition) is 1. The second kappa shape index (κ2) is 5.68. The molecule has 1 aliphatic rings. The number of pyridine rings is 1. The summed E-state index contributed by atoms with van der Waals surface area (Å²) in [7, 11) is 0. The van der Waals surface area contributed by atoms with Gasteiger partial charge < -0.3 is 5.32 Å². The van der Waals surface area contributed by atoms with Crippen LogP contribution in [0.4, 0.5) is 0 Å². The lowest BCUT2D eigenvalue weighted by Crippen LogP contribution is -2.23. The fourth-order valence-electron chi connectivity index (χ4n) is 2.44. The summed E-state index contributed by atoms with van der Waals surface area (Å²) in [6, 6.07) is 14.2. The van der Waals surface area contributed by atoms with Crippen molar-refractivity contribution < 1.29 is 0 Å². The number of nitrogens with one attached hydrogen (secondary N) is 1. The molecule has 0 bridgehead atoms. The molecule has 0 amide bonds. The standard InChI is InChI=1S/C17H15N3/c18-11-15(17-3-1-2-7-20-17)9-13-4-5-14-6-8-19-12-16(14)10-13/h1-5,7,9-10,19H,6,8,12H2. The van der Waals surface area contributed by atoms with Crippen LogP contribution in [0.1, 0.15) is 22.4 Å². The Morgan fingerprint density at radius 2 is 2.20 bits per heavy atom. The maximum absolute atomic E-state index is 9.31. The SMILES string of the molecule is N#CC(=Cc1ccc2c(c1)CNCC2)c1ccccn1. The van der Waals surface area contributed by atoms with Crippen molar-refractivity contribution in [3.63, 3.8) is 0 Å². The van der Waals surface area contributed by atoms with Crippen LogP contribution in [-0.4, -0.2) is 11.5 Å². The zero-order valence-electron chi connectivity index (χ0n) is 11.1. The summed E-state index contributed by atoms with van der Waals surface area (Å²) in [5, 5.41) is 12.7. The van der Waals surface area contributed by atoms with Crippen LogP contribution in [0.5, 0.6) is 0 Å². The molecule has 1 aromatic carbocycles. The third kappa shape index (κ3) is 2.61. The molecule has 0 fully saturated rings. The van der Waals surface area contributed by atoms with Crippen molar-refractivity contribution in [2.24, 2.45) is 0 Å². The number of hydrogen-bond acceptors (Lipinski definition) is 3. The Labute approximate surface area is 118 Å². The topological polar surface area (TPSA) is 48.7 Å². The lowest BCUT2D eigenvalue weighted by molar-refractivity contribution is 0.643. The number of rotatable bonds is 2. The van der Waals surface area contributed by atoms with Gasteiger partial charge in [0, 0.05) is 12.7 Å². The van der Waals surface area contributed by atoms with Crippen LogP contribution in [0.3, 0.4) is 0 Å². The third-order valence-electron chi connectivity index (χ3n) is 3.49. The van der Waals surface area contributed by atoms with E-state index in [0.717, 1.165) is 25.1 Å². The molecule has 20 heavy (non-hydrogen) atoms. The van der Waals surface area contributed by atoms with Gasteiger partial charge in [0.25, 0.3) is 0 Å². The molecule has 0 aliphatic carbocycles. The fraction of sp³-hybridized carbons (Fsp3) is 0.176. The van der Waals surface area contributed by atoms with E-state index < -0.39 is 0 Å². The minimum Gasteiger partial charge on any atom is -0.312 e. The monoisotopic (exact) mass is 261 g/mol. The molecule has 0 radical (unpaired) electrons. The average Bonchev–Trinajstić information content (AvgIpc) is 2.53. The Morgan fingerprint density at radius 1 is 1.25 bits per heavy atom. The molecule has 98 valence electrons. The van der Waals surface area contributed by atoms with Crippen molar-refractivity contribution in [3.05, 3.63) is 65.0 Å². The highest BCUT2D eigenvalue weighted by atomic mass is 14.9. The van der Waals surface area contributed by atoms with Gasteiger partial charge in [-0.25, -0.2) is 0 Å². The van der Waals surface area contributed by atoms with Gasteiger partial charge in [0.15, 0.2) is 0 Å². The van der Waals surface area contributed by atoms with E-state index in [9.17, 15) is 5.26 Å². The van der Waals surface area contributed by atoms with Crippen molar-refractivity contribution in [1.82, 2.24) is 10.3 Å². The van der Waals surface area contributed by atoms with Crippen LogP contribution < -0.4 is 5.32 Å². The number of nitrogens with zero attached hydrogens (tertiary/aromatic N) is 2. The minimum atomic E-state index is 0.592. The Morgan fingerprint density at radius 3 is 3.00 bits per heavy atom. The van der Waals surface area contributed by atoms with E-state index in [2.05, 4.69) is 34.6 Å². The number of nitriles is 1. The number of fused-ring (bicyclic) bond motifs is 1. The summed E-state index contributed by atoms with van der Waals surface area (Å²) in [6.45, 7) is 1.95. The minimum absolute atomic E-state index is 0.592. The molecule has 0 saturated carbocycles. The van der Waals surface area contributed by atoms with Gasteiger partial charge in [0.05, 0.1) is 11.3 Å². The first-order chi connectivity index (χ1) is 9.86. The van der Waals surface area contributed by atoms with Crippen molar-refractivity contribution in [1.29, 1.82) is 5.26 Å². The predicted molar refractivity (Wildman–Crippen MR) is 79.6 cm³/mol. The second-order valence-corrected chi connectivity index (χ2v) is 4.84. The van der Waals surface area contributed by atoms with Gasteiger partial charge in [0.2, 0.25) is 0 Å². The van der Waals surface area contributed by atoms with Crippen molar-refractivity contribution >= 4 is 11.6 Å². The maximum Gasteiger partial charge on any atom is 0.101 e. The molecule has 0 saturated heterocycles. The number of benzene rings is 1. The molecule has 2 heterocycles. The first-order valence-corrected chi connectivity index (χ1v) is 6.72. The van der Waals surface area contributed by atoms with Crippen LogP contribution in [0, 0.1) is 11.3 Å². The van der Waals surface area contributed by atoms with Crippen LogP contribution in [0.15, 0.2) is 42.6 Å². The molecular formula is C17H15N3. The fourth-order valence-corrected chi connectivity index (χ4v) is 2.44. The van der Waals surface area contributed by atoms with Gasteiger partial charge in [-0.05, 0) is 47.9 Å². The zero-order valence-corrected chi connectivity index (χ0v) is 11.1. The lowest BCUT2D eigenvalue weighted by atomic mass is 9.97. The van der Waals surface area contributed by atoms with Crippen LogP contribution in [0.2, 0.25) is 0 Å². The lowest BCUT2D eigenvalue weighted by Gasteiger charge is -2.17. The summed E-state index contributed by atoms with van der Waals surface area (Å²) >= 11 is 0. The molecule has 0 unspecified atom stereocenters. The first-order valence-electron chi connectivity index (χ1n) is 6.72. The van der Waals surface area contributed by atoms with E-state index in [4.69, 9.17) is 0 Å². The van der Waals surface area contributed by atoms with Crippen LogP contribution >= 0.6 is 0 Å². The molecule has 1 aliphatic heterocycles. The maximum atomic E-state index is 9.31. The van der Waals surface area contributed by atoms with Gasteiger partial charge >= 0.3 is 0 Å². The molecule has 0 spiro atoms. The first kappa shape index (κ1) is 12.6. The van der Waals surface area contributed by atoms with Gasteiger partial charge in [-0.1, -0.05) is 24.3 Å². The quantitative estimate of drug-likeness (QED) is 0.846. The van der Waals surface area contributed by atoms with Crippen molar-refractivity contribution in [2.45, 2.75) is 13.0 Å². The van der Waals surface area contributed by atoms with E-state index in [1.807, 2.05) is 24.3 Å². The summed E-state index contributed by atoms with van der Waals surface area (Å²) in [5.74, 6) is 0. The molecule has 3 heteroatoms. The third-order valence-corrected chi connectivity index (χ3v) is 3.49. The molecule has 0 atom stereocenters. The number of allylic oxidation sites excluding steroid dienone is 1. The Hall–Kier alpha value is -2.44. The molecular weight excluding hydrogens is 246 g/mol. The Bertz CT molecular complexity index is 681. The summed E-state index contributed by atoms with van der Waals surface area (Å²) in [4.78, 5) is 4.23. The molecule has 2 aromatic rings. The van der Waals surface area contributed by atoms with Gasteiger partial charge in [-0.2, -0.15) is 5.26 Å². The number of aromatic nitrogens is 1. The smallest absolute Gasteiger partial charge is 0.101 e. The van der Waals surface area contributed by atoms with Crippen LogP contribution in [0.25, 0.3) is 11.6 Å². The van der Waals surface area contributed by atoms with Crippen LogP contribution in [-0.2, 0) is 13.0 Å².